The first-order valence-electron chi connectivity index (χ1n) is 6.39. The average molecular weight is 334 g/mol. The maximum atomic E-state index is 11.6. The molecular formula is C13H17Cl2N3O3. The molecule has 0 aliphatic carbocycles. The summed E-state index contributed by atoms with van der Waals surface area (Å²) in [7, 11) is 0. The number of amides is 2. The summed E-state index contributed by atoms with van der Waals surface area (Å²) in [5, 5.41) is 5.57. The van der Waals surface area contributed by atoms with Crippen molar-refractivity contribution in [3.8, 4) is 0 Å². The molecular weight excluding hydrogens is 317 g/mol. The molecule has 0 aromatic heterocycles. The second-order valence-electron chi connectivity index (χ2n) is 4.26. The molecule has 0 saturated heterocycles. The summed E-state index contributed by atoms with van der Waals surface area (Å²) in [5.74, 6) is -0.522. The first-order chi connectivity index (χ1) is 9.93. The first kappa shape index (κ1) is 17.4. The maximum absolute atomic E-state index is 11.6. The van der Waals surface area contributed by atoms with E-state index >= 15 is 0 Å². The highest BCUT2D eigenvalue weighted by molar-refractivity contribution is 6.42. The monoisotopic (exact) mass is 333 g/mol. The van der Waals surface area contributed by atoms with E-state index in [0.29, 0.717) is 17.3 Å². The molecule has 1 aromatic rings. The van der Waals surface area contributed by atoms with Crippen molar-refractivity contribution in [1.82, 2.24) is 5.32 Å². The highest BCUT2D eigenvalue weighted by atomic mass is 35.5. The van der Waals surface area contributed by atoms with Crippen LogP contribution in [0.15, 0.2) is 12.1 Å². The fourth-order valence-corrected chi connectivity index (χ4v) is 1.74. The zero-order valence-corrected chi connectivity index (χ0v) is 13.1. The van der Waals surface area contributed by atoms with Crippen LogP contribution in [0.2, 0.25) is 10.0 Å². The Hall–Kier alpha value is -1.66. The van der Waals surface area contributed by atoms with Crippen molar-refractivity contribution >= 4 is 46.6 Å². The van der Waals surface area contributed by atoms with E-state index in [9.17, 15) is 9.59 Å². The van der Waals surface area contributed by atoms with Crippen LogP contribution in [-0.2, 0) is 9.53 Å². The van der Waals surface area contributed by atoms with Gasteiger partial charge in [0.2, 0.25) is 0 Å². The fourth-order valence-electron chi connectivity index (χ4n) is 1.41. The molecule has 4 N–H and O–H groups in total. The van der Waals surface area contributed by atoms with E-state index in [1.54, 1.807) is 0 Å². The standard InChI is InChI=1S/C13H17Cl2N3O3/c1-2-3-4-17-13(20)21-7-12(19)18-11-6-9(15)8(14)5-10(11)16/h5-6H,2-4,7,16H2,1H3,(H,17,20)(H,18,19). The predicted molar refractivity (Wildman–Crippen MR) is 83.8 cm³/mol. The molecule has 8 heteroatoms. The molecule has 0 spiro atoms. The van der Waals surface area contributed by atoms with Gasteiger partial charge in [0, 0.05) is 6.54 Å². The number of nitrogens with one attached hydrogen (secondary N) is 2. The maximum Gasteiger partial charge on any atom is 0.407 e. The van der Waals surface area contributed by atoms with Gasteiger partial charge in [0.15, 0.2) is 6.61 Å². The van der Waals surface area contributed by atoms with Gasteiger partial charge in [-0.2, -0.15) is 0 Å². The highest BCUT2D eigenvalue weighted by Gasteiger charge is 2.10. The number of rotatable bonds is 6. The van der Waals surface area contributed by atoms with Crippen molar-refractivity contribution in [2.24, 2.45) is 0 Å². The molecule has 6 nitrogen and oxygen atoms in total. The molecule has 116 valence electrons. The molecule has 0 aliphatic heterocycles. The van der Waals surface area contributed by atoms with Crippen LogP contribution >= 0.6 is 23.2 Å². The summed E-state index contributed by atoms with van der Waals surface area (Å²) in [4.78, 5) is 22.9. The van der Waals surface area contributed by atoms with Gasteiger partial charge in [0.05, 0.1) is 21.4 Å². The summed E-state index contributed by atoms with van der Waals surface area (Å²) < 4.78 is 4.75. The Balaban J connectivity index is 2.44. The van der Waals surface area contributed by atoms with Gasteiger partial charge in [-0.3, -0.25) is 4.79 Å². The lowest BCUT2D eigenvalue weighted by molar-refractivity contribution is -0.118. The molecule has 0 unspecified atom stereocenters. The van der Waals surface area contributed by atoms with E-state index < -0.39 is 18.6 Å². The lowest BCUT2D eigenvalue weighted by Gasteiger charge is -2.10. The van der Waals surface area contributed by atoms with Crippen molar-refractivity contribution in [3.63, 3.8) is 0 Å². The van der Waals surface area contributed by atoms with Gasteiger partial charge >= 0.3 is 6.09 Å². The van der Waals surface area contributed by atoms with Gasteiger partial charge < -0.3 is 21.1 Å². The van der Waals surface area contributed by atoms with Crippen molar-refractivity contribution in [2.75, 3.05) is 24.2 Å². The Morgan fingerprint density at radius 3 is 2.62 bits per heavy atom. The molecule has 0 atom stereocenters. The molecule has 1 rings (SSSR count). The van der Waals surface area contributed by atoms with Crippen LogP contribution in [0.1, 0.15) is 19.8 Å². The van der Waals surface area contributed by atoms with Gasteiger partial charge in [-0.05, 0) is 18.6 Å². The Bertz CT molecular complexity index is 524. The highest BCUT2D eigenvalue weighted by Crippen LogP contribution is 2.30. The van der Waals surface area contributed by atoms with Gasteiger partial charge in [-0.25, -0.2) is 4.79 Å². The number of unbranched alkanes of at least 4 members (excludes halogenated alkanes) is 1. The van der Waals surface area contributed by atoms with Crippen molar-refractivity contribution < 1.29 is 14.3 Å². The minimum Gasteiger partial charge on any atom is -0.439 e. The van der Waals surface area contributed by atoms with Crippen LogP contribution in [0.3, 0.4) is 0 Å². The van der Waals surface area contributed by atoms with E-state index in [-0.39, 0.29) is 10.7 Å². The Morgan fingerprint density at radius 2 is 1.95 bits per heavy atom. The third-order valence-electron chi connectivity index (χ3n) is 2.50. The SMILES string of the molecule is CCCCNC(=O)OCC(=O)Nc1cc(Cl)c(Cl)cc1N. The van der Waals surface area contributed by atoms with Crippen LogP contribution in [0.4, 0.5) is 16.2 Å². The molecule has 2 amide bonds. The second-order valence-corrected chi connectivity index (χ2v) is 5.07. The fraction of sp³-hybridized carbons (Fsp3) is 0.385. The van der Waals surface area contributed by atoms with Crippen LogP contribution in [-0.4, -0.2) is 25.2 Å². The van der Waals surface area contributed by atoms with E-state index in [0.717, 1.165) is 12.8 Å². The summed E-state index contributed by atoms with van der Waals surface area (Å²) in [6.07, 6.45) is 1.17. The first-order valence-corrected chi connectivity index (χ1v) is 7.14. The zero-order chi connectivity index (χ0) is 15.8. The Kier molecular flexibility index (Phi) is 7.11. The summed E-state index contributed by atoms with van der Waals surface area (Å²) in [5.41, 5.74) is 6.28. The molecule has 1 aromatic carbocycles. The van der Waals surface area contributed by atoms with Crippen LogP contribution < -0.4 is 16.4 Å². The zero-order valence-electron chi connectivity index (χ0n) is 11.5. The number of anilines is 2. The van der Waals surface area contributed by atoms with E-state index in [1.165, 1.54) is 12.1 Å². The summed E-state index contributed by atoms with van der Waals surface area (Å²) >= 11 is 11.6. The molecule has 21 heavy (non-hydrogen) atoms. The quantitative estimate of drug-likeness (QED) is 0.551. The summed E-state index contributed by atoms with van der Waals surface area (Å²) in [6.45, 7) is 2.09. The number of carbonyl (C=O) groups is 2. The number of nitrogen functional groups attached to an aromatic ring is 1. The molecule has 0 bridgehead atoms. The largest absolute Gasteiger partial charge is 0.439 e. The van der Waals surface area contributed by atoms with E-state index in [1.807, 2.05) is 6.92 Å². The number of hydrogen-bond acceptors (Lipinski definition) is 4. The lowest BCUT2D eigenvalue weighted by atomic mass is 10.2. The molecule has 0 aliphatic rings. The second kappa shape index (κ2) is 8.59. The third kappa shape index (κ3) is 6.10. The van der Waals surface area contributed by atoms with Crippen molar-refractivity contribution in [2.45, 2.75) is 19.8 Å². The van der Waals surface area contributed by atoms with E-state index in [2.05, 4.69) is 10.6 Å². The van der Waals surface area contributed by atoms with Gasteiger partial charge in [0.25, 0.3) is 5.91 Å². The predicted octanol–water partition coefficient (Wildman–Crippen LogP) is 3.04. The molecule has 0 fully saturated rings. The number of halogens is 2. The Labute approximate surface area is 132 Å². The van der Waals surface area contributed by atoms with Gasteiger partial charge in [0.1, 0.15) is 0 Å². The van der Waals surface area contributed by atoms with Crippen molar-refractivity contribution in [1.29, 1.82) is 0 Å². The minimum atomic E-state index is -0.638. The number of nitrogens with two attached hydrogens (primary N) is 1. The normalized spacial score (nSPS) is 10.0. The van der Waals surface area contributed by atoms with E-state index in [4.69, 9.17) is 33.7 Å². The molecule has 0 saturated carbocycles. The number of carbonyl (C=O) groups excluding carboxylic acids is 2. The minimum absolute atomic E-state index is 0.263. The average Bonchev–Trinajstić information content (AvgIpc) is 2.43. The van der Waals surface area contributed by atoms with Crippen molar-refractivity contribution in [3.05, 3.63) is 22.2 Å². The number of alkyl carbamates (subject to hydrolysis) is 1. The number of hydrogen-bond donors (Lipinski definition) is 3. The van der Waals surface area contributed by atoms with Crippen LogP contribution in [0, 0.1) is 0 Å². The number of ether oxygens (including phenoxy) is 1. The number of benzene rings is 1. The topological polar surface area (TPSA) is 93.4 Å². The third-order valence-corrected chi connectivity index (χ3v) is 3.22. The summed E-state index contributed by atoms with van der Waals surface area (Å²) in [6, 6.07) is 2.86. The van der Waals surface area contributed by atoms with Crippen LogP contribution in [0.5, 0.6) is 0 Å². The van der Waals surface area contributed by atoms with Gasteiger partial charge in [-0.1, -0.05) is 36.5 Å². The Morgan fingerprint density at radius 1 is 1.29 bits per heavy atom. The molecule has 0 heterocycles. The lowest BCUT2D eigenvalue weighted by Crippen LogP contribution is -2.29. The van der Waals surface area contributed by atoms with Gasteiger partial charge in [-0.15, -0.1) is 0 Å². The molecule has 0 radical (unpaired) electrons. The smallest absolute Gasteiger partial charge is 0.407 e. The van der Waals surface area contributed by atoms with Crippen LogP contribution in [0.25, 0.3) is 0 Å².